The van der Waals surface area contributed by atoms with E-state index in [1.165, 1.54) is 23.2 Å². The molecule has 1 amide bonds. The summed E-state index contributed by atoms with van der Waals surface area (Å²) in [6, 6.07) is 7.33. The molecule has 0 saturated carbocycles. The van der Waals surface area contributed by atoms with Gasteiger partial charge in [-0.15, -0.1) is 0 Å². The first-order valence-corrected chi connectivity index (χ1v) is 6.66. The summed E-state index contributed by atoms with van der Waals surface area (Å²) in [5.74, 6) is -0.733. The van der Waals surface area contributed by atoms with Crippen LogP contribution in [0.25, 0.3) is 11.1 Å². The second-order valence-corrected chi connectivity index (χ2v) is 5.11. The maximum atomic E-state index is 14.0. The standard InChI is InChI=1S/C16H17FN2O2/c1-10(2)19(3)16(21)13-9-18-15(20)8-12(13)11-6-4-5-7-14(11)17/h4-10H,1-3H3,(H,18,20). The highest BCUT2D eigenvalue weighted by atomic mass is 19.1. The SMILES string of the molecule is CC(C)N(C)C(=O)c1c[nH]c(=O)cc1-c1ccccc1F. The van der Waals surface area contributed by atoms with E-state index in [1.54, 1.807) is 25.2 Å². The Balaban J connectivity index is 2.62. The molecule has 1 aromatic heterocycles. The van der Waals surface area contributed by atoms with E-state index in [0.717, 1.165) is 0 Å². The number of aromatic amines is 1. The summed E-state index contributed by atoms with van der Waals surface area (Å²) >= 11 is 0. The number of halogens is 1. The van der Waals surface area contributed by atoms with Crippen molar-refractivity contribution in [2.24, 2.45) is 0 Å². The summed E-state index contributed by atoms with van der Waals surface area (Å²) < 4.78 is 14.0. The third kappa shape index (κ3) is 3.02. The molecule has 0 atom stereocenters. The highest BCUT2D eigenvalue weighted by molar-refractivity contribution is 6.00. The highest BCUT2D eigenvalue weighted by Crippen LogP contribution is 2.25. The maximum absolute atomic E-state index is 14.0. The van der Waals surface area contributed by atoms with E-state index in [9.17, 15) is 14.0 Å². The Bertz CT molecular complexity index is 722. The average molecular weight is 288 g/mol. The van der Waals surface area contributed by atoms with Crippen molar-refractivity contribution in [1.29, 1.82) is 0 Å². The third-order valence-electron chi connectivity index (χ3n) is 3.41. The predicted octanol–water partition coefficient (Wildman–Crippen LogP) is 2.66. The number of H-pyrrole nitrogens is 1. The summed E-state index contributed by atoms with van der Waals surface area (Å²) in [6.45, 7) is 3.76. The molecule has 1 N–H and O–H groups in total. The smallest absolute Gasteiger partial charge is 0.255 e. The number of aromatic nitrogens is 1. The Hall–Kier alpha value is -2.43. The van der Waals surface area contributed by atoms with Crippen molar-refractivity contribution < 1.29 is 9.18 Å². The first kappa shape index (κ1) is 15.0. The molecule has 0 fully saturated rings. The number of nitrogens with one attached hydrogen (secondary N) is 1. The van der Waals surface area contributed by atoms with E-state index in [0.29, 0.717) is 5.56 Å². The van der Waals surface area contributed by atoms with Crippen LogP contribution in [0.1, 0.15) is 24.2 Å². The lowest BCUT2D eigenvalue weighted by Crippen LogP contribution is -2.33. The van der Waals surface area contributed by atoms with E-state index in [2.05, 4.69) is 4.98 Å². The zero-order valence-corrected chi connectivity index (χ0v) is 12.2. The van der Waals surface area contributed by atoms with Gasteiger partial charge in [0.2, 0.25) is 5.56 Å². The van der Waals surface area contributed by atoms with Crippen LogP contribution in [0.5, 0.6) is 0 Å². The number of carbonyl (C=O) groups is 1. The van der Waals surface area contributed by atoms with Crippen molar-refractivity contribution in [3.63, 3.8) is 0 Å². The van der Waals surface area contributed by atoms with Crippen LogP contribution in [0.3, 0.4) is 0 Å². The van der Waals surface area contributed by atoms with Crippen molar-refractivity contribution in [1.82, 2.24) is 9.88 Å². The molecule has 0 aliphatic heterocycles. The van der Waals surface area contributed by atoms with E-state index >= 15 is 0 Å². The number of rotatable bonds is 3. The van der Waals surface area contributed by atoms with Crippen LogP contribution in [-0.2, 0) is 0 Å². The number of hydrogen-bond donors (Lipinski definition) is 1. The van der Waals surface area contributed by atoms with Crippen LogP contribution in [0, 0.1) is 5.82 Å². The van der Waals surface area contributed by atoms with Crippen LogP contribution in [0.15, 0.2) is 41.3 Å². The fourth-order valence-electron chi connectivity index (χ4n) is 1.98. The molecule has 0 saturated heterocycles. The van der Waals surface area contributed by atoms with Gasteiger partial charge in [-0.05, 0) is 19.9 Å². The summed E-state index contributed by atoms with van der Waals surface area (Å²) in [5.41, 5.74) is 0.436. The Labute approximate surface area is 122 Å². The van der Waals surface area contributed by atoms with Gasteiger partial charge < -0.3 is 9.88 Å². The van der Waals surface area contributed by atoms with Gasteiger partial charge in [0.25, 0.3) is 5.91 Å². The van der Waals surface area contributed by atoms with E-state index in [-0.39, 0.29) is 28.6 Å². The van der Waals surface area contributed by atoms with Crippen molar-refractivity contribution in [3.8, 4) is 11.1 Å². The summed E-state index contributed by atoms with van der Waals surface area (Å²) in [6.07, 6.45) is 1.34. The topological polar surface area (TPSA) is 53.2 Å². The second-order valence-electron chi connectivity index (χ2n) is 5.11. The van der Waals surface area contributed by atoms with Crippen LogP contribution in [-0.4, -0.2) is 28.9 Å². The van der Waals surface area contributed by atoms with Gasteiger partial charge in [0.15, 0.2) is 0 Å². The average Bonchev–Trinajstić information content (AvgIpc) is 2.46. The van der Waals surface area contributed by atoms with Crippen molar-refractivity contribution in [2.45, 2.75) is 19.9 Å². The molecular formula is C16H17FN2O2. The number of amides is 1. The molecule has 21 heavy (non-hydrogen) atoms. The van der Waals surface area contributed by atoms with Crippen LogP contribution < -0.4 is 5.56 Å². The largest absolute Gasteiger partial charge is 0.339 e. The molecule has 2 aromatic rings. The second kappa shape index (κ2) is 5.91. The van der Waals surface area contributed by atoms with Crippen molar-refractivity contribution in [3.05, 3.63) is 58.3 Å². The molecule has 1 heterocycles. The third-order valence-corrected chi connectivity index (χ3v) is 3.41. The van der Waals surface area contributed by atoms with Gasteiger partial charge in [0.05, 0.1) is 5.56 Å². The van der Waals surface area contributed by atoms with Gasteiger partial charge in [0, 0.05) is 36.5 Å². The Morgan fingerprint density at radius 1 is 1.24 bits per heavy atom. The molecule has 2 rings (SSSR count). The number of benzene rings is 1. The quantitative estimate of drug-likeness (QED) is 0.944. The monoisotopic (exact) mass is 288 g/mol. The Kier molecular flexibility index (Phi) is 4.21. The number of nitrogens with zero attached hydrogens (tertiary/aromatic N) is 1. The van der Waals surface area contributed by atoms with Gasteiger partial charge in [0.1, 0.15) is 5.82 Å². The van der Waals surface area contributed by atoms with Gasteiger partial charge in [-0.3, -0.25) is 9.59 Å². The molecule has 0 spiro atoms. The van der Waals surface area contributed by atoms with Crippen LogP contribution in [0.4, 0.5) is 4.39 Å². The van der Waals surface area contributed by atoms with Gasteiger partial charge in [-0.25, -0.2) is 4.39 Å². The highest BCUT2D eigenvalue weighted by Gasteiger charge is 2.20. The van der Waals surface area contributed by atoms with E-state index < -0.39 is 5.82 Å². The lowest BCUT2D eigenvalue weighted by atomic mass is 10.00. The Morgan fingerprint density at radius 2 is 1.90 bits per heavy atom. The zero-order chi connectivity index (χ0) is 15.6. The summed E-state index contributed by atoms with van der Waals surface area (Å²) in [7, 11) is 1.67. The predicted molar refractivity (Wildman–Crippen MR) is 79.7 cm³/mol. The van der Waals surface area contributed by atoms with Crippen molar-refractivity contribution in [2.75, 3.05) is 7.05 Å². The molecule has 0 aliphatic carbocycles. The minimum atomic E-state index is -0.468. The zero-order valence-electron chi connectivity index (χ0n) is 12.2. The molecule has 110 valence electrons. The molecule has 5 heteroatoms. The van der Waals surface area contributed by atoms with Gasteiger partial charge in [-0.2, -0.15) is 0 Å². The Morgan fingerprint density at radius 3 is 2.52 bits per heavy atom. The minimum absolute atomic E-state index is 0.00195. The molecule has 4 nitrogen and oxygen atoms in total. The summed E-state index contributed by atoms with van der Waals surface area (Å²) in [5, 5.41) is 0. The maximum Gasteiger partial charge on any atom is 0.255 e. The lowest BCUT2D eigenvalue weighted by molar-refractivity contribution is 0.0755. The lowest BCUT2D eigenvalue weighted by Gasteiger charge is -2.22. The van der Waals surface area contributed by atoms with E-state index in [1.807, 2.05) is 13.8 Å². The first-order valence-electron chi connectivity index (χ1n) is 6.66. The minimum Gasteiger partial charge on any atom is -0.339 e. The van der Waals surface area contributed by atoms with E-state index in [4.69, 9.17) is 0 Å². The fraction of sp³-hybridized carbons (Fsp3) is 0.250. The van der Waals surface area contributed by atoms with Crippen LogP contribution >= 0.6 is 0 Å². The molecule has 0 bridgehead atoms. The summed E-state index contributed by atoms with van der Waals surface area (Å²) in [4.78, 5) is 28.1. The molecule has 1 aromatic carbocycles. The van der Waals surface area contributed by atoms with Crippen molar-refractivity contribution >= 4 is 5.91 Å². The molecular weight excluding hydrogens is 271 g/mol. The normalized spacial score (nSPS) is 10.7. The molecule has 0 unspecified atom stereocenters. The molecule has 0 radical (unpaired) electrons. The first-order chi connectivity index (χ1) is 9.91. The van der Waals surface area contributed by atoms with Gasteiger partial charge >= 0.3 is 0 Å². The number of hydrogen-bond acceptors (Lipinski definition) is 2. The number of carbonyl (C=O) groups excluding carboxylic acids is 1. The fourth-order valence-corrected chi connectivity index (χ4v) is 1.98. The van der Waals surface area contributed by atoms with Crippen LogP contribution in [0.2, 0.25) is 0 Å². The number of pyridine rings is 1. The molecule has 0 aliphatic rings. The van der Waals surface area contributed by atoms with Gasteiger partial charge in [-0.1, -0.05) is 18.2 Å².